The Bertz CT molecular complexity index is 974. The van der Waals surface area contributed by atoms with Crippen molar-refractivity contribution in [2.45, 2.75) is 32.0 Å². The molecular formula is C21H22ClN3O3S. The van der Waals surface area contributed by atoms with Gasteiger partial charge in [0.1, 0.15) is 5.75 Å². The van der Waals surface area contributed by atoms with E-state index in [0.29, 0.717) is 22.6 Å². The summed E-state index contributed by atoms with van der Waals surface area (Å²) in [5.74, 6) is 1.26. The van der Waals surface area contributed by atoms with Crippen molar-refractivity contribution in [3.63, 3.8) is 0 Å². The molecule has 3 aromatic rings. The van der Waals surface area contributed by atoms with Crippen LogP contribution in [0.4, 0.5) is 0 Å². The smallest absolute Gasteiger partial charge is 0.316 e. The van der Waals surface area contributed by atoms with Crippen LogP contribution in [-0.2, 0) is 9.53 Å². The first-order valence-electron chi connectivity index (χ1n) is 9.24. The van der Waals surface area contributed by atoms with Gasteiger partial charge >= 0.3 is 5.97 Å². The Morgan fingerprint density at radius 3 is 2.59 bits per heavy atom. The largest absolute Gasteiger partial charge is 0.494 e. The Hall–Kier alpha value is -2.51. The molecule has 152 valence electrons. The van der Waals surface area contributed by atoms with Gasteiger partial charge in [0.05, 0.1) is 18.5 Å². The lowest BCUT2D eigenvalue weighted by atomic mass is 10.2. The highest BCUT2D eigenvalue weighted by Crippen LogP contribution is 2.30. The molecule has 0 radical (unpaired) electrons. The molecule has 29 heavy (non-hydrogen) atoms. The standard InChI is InChI=1S/C21H22ClN3O3S/c1-4-27-18-10-8-17(9-11-18)25-20(15-6-5-7-16(22)12-15)23-24-21(25)29-13-19(26)28-14(2)3/h5-12,14H,4,13H2,1-3H3. The number of aromatic nitrogens is 3. The molecule has 0 atom stereocenters. The predicted molar refractivity (Wildman–Crippen MR) is 115 cm³/mol. The molecule has 0 saturated heterocycles. The van der Waals surface area contributed by atoms with Crippen LogP contribution >= 0.6 is 23.4 Å². The molecule has 0 spiro atoms. The minimum Gasteiger partial charge on any atom is -0.494 e. The van der Waals surface area contributed by atoms with Crippen LogP contribution in [0.2, 0.25) is 5.02 Å². The van der Waals surface area contributed by atoms with E-state index in [0.717, 1.165) is 17.0 Å². The highest BCUT2D eigenvalue weighted by atomic mass is 35.5. The van der Waals surface area contributed by atoms with Crippen LogP contribution in [0.5, 0.6) is 5.75 Å². The van der Waals surface area contributed by atoms with Gasteiger partial charge in [-0.15, -0.1) is 10.2 Å². The van der Waals surface area contributed by atoms with Crippen LogP contribution in [0.1, 0.15) is 20.8 Å². The molecule has 0 amide bonds. The summed E-state index contributed by atoms with van der Waals surface area (Å²) in [4.78, 5) is 12.0. The van der Waals surface area contributed by atoms with Crippen molar-refractivity contribution in [3.8, 4) is 22.8 Å². The maximum atomic E-state index is 12.0. The number of esters is 1. The van der Waals surface area contributed by atoms with E-state index in [2.05, 4.69) is 10.2 Å². The molecule has 1 heterocycles. The van der Waals surface area contributed by atoms with Crippen molar-refractivity contribution in [2.75, 3.05) is 12.4 Å². The van der Waals surface area contributed by atoms with Crippen LogP contribution < -0.4 is 4.74 Å². The Morgan fingerprint density at radius 1 is 1.17 bits per heavy atom. The predicted octanol–water partition coefficient (Wildman–Crippen LogP) is 5.03. The molecule has 0 aliphatic carbocycles. The zero-order valence-corrected chi connectivity index (χ0v) is 18.0. The maximum absolute atomic E-state index is 12.0. The van der Waals surface area contributed by atoms with Crippen LogP contribution in [0, 0.1) is 0 Å². The first kappa shape index (κ1) is 21.2. The Balaban J connectivity index is 1.97. The number of ether oxygens (including phenoxy) is 2. The number of nitrogens with zero attached hydrogens (tertiary/aromatic N) is 3. The molecule has 0 unspecified atom stereocenters. The minimum atomic E-state index is -0.296. The molecule has 0 aliphatic rings. The highest BCUT2D eigenvalue weighted by Gasteiger charge is 2.18. The van der Waals surface area contributed by atoms with Gasteiger partial charge in [0.2, 0.25) is 0 Å². The SMILES string of the molecule is CCOc1ccc(-n2c(SCC(=O)OC(C)C)nnc2-c2cccc(Cl)c2)cc1. The molecule has 0 fully saturated rings. The summed E-state index contributed by atoms with van der Waals surface area (Å²) in [6, 6.07) is 15.1. The summed E-state index contributed by atoms with van der Waals surface area (Å²) in [5, 5.41) is 9.85. The van der Waals surface area contributed by atoms with Gasteiger partial charge in [-0.25, -0.2) is 0 Å². The number of carbonyl (C=O) groups excluding carboxylic acids is 1. The molecule has 0 bridgehead atoms. The van der Waals surface area contributed by atoms with Crippen LogP contribution in [-0.4, -0.2) is 39.2 Å². The molecule has 0 saturated carbocycles. The molecule has 0 N–H and O–H groups in total. The summed E-state index contributed by atoms with van der Waals surface area (Å²) in [7, 11) is 0. The number of rotatable bonds is 8. The van der Waals surface area contributed by atoms with Crippen LogP contribution in [0.3, 0.4) is 0 Å². The molecule has 8 heteroatoms. The molecule has 6 nitrogen and oxygen atoms in total. The van der Waals surface area contributed by atoms with Gasteiger partial charge < -0.3 is 9.47 Å². The first-order valence-corrected chi connectivity index (χ1v) is 10.6. The summed E-state index contributed by atoms with van der Waals surface area (Å²) in [6.45, 7) is 6.18. The Labute approximate surface area is 179 Å². The zero-order chi connectivity index (χ0) is 20.8. The van der Waals surface area contributed by atoms with Crippen LogP contribution in [0.15, 0.2) is 53.7 Å². The normalized spacial score (nSPS) is 10.9. The first-order chi connectivity index (χ1) is 14.0. The van der Waals surface area contributed by atoms with Gasteiger partial charge in [-0.05, 0) is 57.2 Å². The van der Waals surface area contributed by atoms with Crippen molar-refractivity contribution in [1.82, 2.24) is 14.8 Å². The van der Waals surface area contributed by atoms with Crippen molar-refractivity contribution in [2.24, 2.45) is 0 Å². The average Bonchev–Trinajstić information content (AvgIpc) is 3.11. The molecular weight excluding hydrogens is 410 g/mol. The van der Waals surface area contributed by atoms with Crippen molar-refractivity contribution < 1.29 is 14.3 Å². The van der Waals surface area contributed by atoms with Gasteiger partial charge in [0, 0.05) is 16.3 Å². The Kier molecular flexibility index (Phi) is 7.17. The highest BCUT2D eigenvalue weighted by molar-refractivity contribution is 7.99. The van der Waals surface area contributed by atoms with E-state index in [9.17, 15) is 4.79 Å². The monoisotopic (exact) mass is 431 g/mol. The van der Waals surface area contributed by atoms with E-state index in [-0.39, 0.29) is 17.8 Å². The van der Waals surface area contributed by atoms with E-state index in [1.807, 2.05) is 67.8 Å². The summed E-state index contributed by atoms with van der Waals surface area (Å²) in [6.07, 6.45) is -0.158. The fourth-order valence-corrected chi connectivity index (χ4v) is 3.61. The summed E-state index contributed by atoms with van der Waals surface area (Å²) >= 11 is 7.44. The van der Waals surface area contributed by atoms with E-state index >= 15 is 0 Å². The van der Waals surface area contributed by atoms with Gasteiger partial charge in [-0.3, -0.25) is 9.36 Å². The quantitative estimate of drug-likeness (QED) is 0.368. The molecule has 1 aromatic heterocycles. The van der Waals surface area contributed by atoms with Gasteiger partial charge in [-0.2, -0.15) is 0 Å². The van der Waals surface area contributed by atoms with E-state index < -0.39 is 0 Å². The fourth-order valence-electron chi connectivity index (χ4n) is 2.69. The lowest BCUT2D eigenvalue weighted by Crippen LogP contribution is -2.13. The minimum absolute atomic E-state index is 0.142. The topological polar surface area (TPSA) is 66.2 Å². The summed E-state index contributed by atoms with van der Waals surface area (Å²) in [5.41, 5.74) is 1.68. The number of hydrogen-bond acceptors (Lipinski definition) is 6. The van der Waals surface area contributed by atoms with Crippen molar-refractivity contribution >= 4 is 29.3 Å². The van der Waals surface area contributed by atoms with Gasteiger partial charge in [0.15, 0.2) is 11.0 Å². The lowest BCUT2D eigenvalue weighted by Gasteiger charge is -2.12. The van der Waals surface area contributed by atoms with Crippen molar-refractivity contribution in [3.05, 3.63) is 53.6 Å². The number of halogens is 1. The van der Waals surface area contributed by atoms with Crippen molar-refractivity contribution in [1.29, 1.82) is 0 Å². The maximum Gasteiger partial charge on any atom is 0.316 e. The number of hydrogen-bond donors (Lipinski definition) is 0. The molecule has 3 rings (SSSR count). The third-order valence-electron chi connectivity index (χ3n) is 3.81. The van der Waals surface area contributed by atoms with E-state index in [1.165, 1.54) is 11.8 Å². The van der Waals surface area contributed by atoms with Gasteiger partial charge in [-0.1, -0.05) is 35.5 Å². The molecule has 2 aromatic carbocycles. The lowest BCUT2D eigenvalue weighted by molar-refractivity contribution is -0.144. The van der Waals surface area contributed by atoms with Gasteiger partial charge in [0.25, 0.3) is 0 Å². The zero-order valence-electron chi connectivity index (χ0n) is 16.5. The third-order valence-corrected chi connectivity index (χ3v) is 4.95. The number of benzene rings is 2. The Morgan fingerprint density at radius 2 is 1.93 bits per heavy atom. The second-order valence-corrected chi connectivity index (χ2v) is 7.79. The second-order valence-electron chi connectivity index (χ2n) is 6.41. The third kappa shape index (κ3) is 5.52. The number of carbonyl (C=O) groups is 1. The van der Waals surface area contributed by atoms with E-state index in [1.54, 1.807) is 6.07 Å². The fraction of sp³-hybridized carbons (Fsp3) is 0.286. The second kappa shape index (κ2) is 9.80. The average molecular weight is 432 g/mol. The molecule has 0 aliphatic heterocycles. The van der Waals surface area contributed by atoms with E-state index in [4.69, 9.17) is 21.1 Å². The number of thioether (sulfide) groups is 1. The summed E-state index contributed by atoms with van der Waals surface area (Å²) < 4.78 is 12.6. The van der Waals surface area contributed by atoms with Crippen LogP contribution in [0.25, 0.3) is 17.1 Å².